The summed E-state index contributed by atoms with van der Waals surface area (Å²) >= 11 is 1.55. The van der Waals surface area contributed by atoms with E-state index in [9.17, 15) is 4.79 Å². The maximum atomic E-state index is 12.4. The van der Waals surface area contributed by atoms with E-state index in [0.717, 1.165) is 43.4 Å². The minimum atomic E-state index is 0.215. The number of rotatable bonds is 3. The van der Waals surface area contributed by atoms with Gasteiger partial charge >= 0.3 is 0 Å². The van der Waals surface area contributed by atoms with Crippen molar-refractivity contribution in [2.24, 2.45) is 5.92 Å². The van der Waals surface area contributed by atoms with Gasteiger partial charge in [-0.1, -0.05) is 18.2 Å². The van der Waals surface area contributed by atoms with Gasteiger partial charge in [-0.15, -0.1) is 11.3 Å². The summed E-state index contributed by atoms with van der Waals surface area (Å²) in [5.41, 5.74) is 0. The Labute approximate surface area is 131 Å². The number of thiophene rings is 1. The standard InChI is InChI=1S/C17H24N2OS/c20-17(16-8-4-13-21-16)19-10-5-9-18(11-12-19)14-15-6-2-1-3-7-15/h1-2,4,8,13,15H,3,5-7,9-12,14H2/t15-/m1/s1. The molecule has 1 aliphatic carbocycles. The number of hydrogen-bond acceptors (Lipinski definition) is 3. The molecular formula is C17H24N2OS. The van der Waals surface area contributed by atoms with E-state index >= 15 is 0 Å². The zero-order chi connectivity index (χ0) is 14.5. The molecule has 2 heterocycles. The van der Waals surface area contributed by atoms with Crippen LogP contribution in [0.15, 0.2) is 29.7 Å². The molecule has 21 heavy (non-hydrogen) atoms. The van der Waals surface area contributed by atoms with Crippen molar-refractivity contribution < 1.29 is 4.79 Å². The Morgan fingerprint density at radius 2 is 2.19 bits per heavy atom. The summed E-state index contributed by atoms with van der Waals surface area (Å²) in [5.74, 6) is 1.03. The molecule has 1 fully saturated rings. The van der Waals surface area contributed by atoms with Crippen LogP contribution in [0.4, 0.5) is 0 Å². The smallest absolute Gasteiger partial charge is 0.263 e. The molecule has 0 saturated carbocycles. The maximum Gasteiger partial charge on any atom is 0.263 e. The second-order valence-electron chi connectivity index (χ2n) is 6.07. The van der Waals surface area contributed by atoms with Gasteiger partial charge in [-0.05, 0) is 49.6 Å². The van der Waals surface area contributed by atoms with Crippen molar-refractivity contribution in [1.82, 2.24) is 9.80 Å². The molecule has 1 aliphatic heterocycles. The van der Waals surface area contributed by atoms with Crippen molar-refractivity contribution in [1.29, 1.82) is 0 Å². The van der Waals surface area contributed by atoms with E-state index in [1.54, 1.807) is 11.3 Å². The van der Waals surface area contributed by atoms with Crippen molar-refractivity contribution in [2.45, 2.75) is 25.7 Å². The van der Waals surface area contributed by atoms with Crippen LogP contribution < -0.4 is 0 Å². The molecule has 3 rings (SSSR count). The van der Waals surface area contributed by atoms with Crippen molar-refractivity contribution in [3.8, 4) is 0 Å². The summed E-state index contributed by atoms with van der Waals surface area (Å²) in [5, 5.41) is 1.98. The van der Waals surface area contributed by atoms with Crippen LogP contribution in [0.1, 0.15) is 35.4 Å². The molecule has 3 nitrogen and oxygen atoms in total. The predicted molar refractivity (Wildman–Crippen MR) is 87.8 cm³/mol. The Bertz CT molecular complexity index is 483. The van der Waals surface area contributed by atoms with Crippen molar-refractivity contribution in [2.75, 3.05) is 32.7 Å². The second-order valence-corrected chi connectivity index (χ2v) is 7.02. The van der Waals surface area contributed by atoms with Gasteiger partial charge in [-0.25, -0.2) is 0 Å². The van der Waals surface area contributed by atoms with Gasteiger partial charge in [0.15, 0.2) is 0 Å². The minimum absolute atomic E-state index is 0.215. The highest BCUT2D eigenvalue weighted by molar-refractivity contribution is 7.12. The van der Waals surface area contributed by atoms with Crippen LogP contribution in [0.3, 0.4) is 0 Å². The van der Waals surface area contributed by atoms with Gasteiger partial charge in [0.25, 0.3) is 5.91 Å². The fourth-order valence-electron chi connectivity index (χ4n) is 3.30. The first-order valence-electron chi connectivity index (χ1n) is 8.03. The first kappa shape index (κ1) is 14.8. The lowest BCUT2D eigenvalue weighted by Crippen LogP contribution is -2.36. The average molecular weight is 304 g/mol. The molecule has 0 aromatic carbocycles. The highest BCUT2D eigenvalue weighted by Gasteiger charge is 2.22. The van der Waals surface area contributed by atoms with Crippen LogP contribution in [0, 0.1) is 5.92 Å². The third-order valence-corrected chi connectivity index (χ3v) is 5.36. The Balaban J connectivity index is 1.52. The van der Waals surface area contributed by atoms with E-state index in [1.807, 2.05) is 22.4 Å². The molecule has 0 unspecified atom stereocenters. The summed E-state index contributed by atoms with van der Waals surface area (Å²) in [6.45, 7) is 5.13. The number of carbonyl (C=O) groups is 1. The Kier molecular flexibility index (Phi) is 5.09. The van der Waals surface area contributed by atoms with Gasteiger partial charge in [0, 0.05) is 26.2 Å². The van der Waals surface area contributed by atoms with Crippen LogP contribution in [0.5, 0.6) is 0 Å². The van der Waals surface area contributed by atoms with E-state index < -0.39 is 0 Å². The van der Waals surface area contributed by atoms with Crippen LogP contribution >= 0.6 is 11.3 Å². The van der Waals surface area contributed by atoms with Gasteiger partial charge in [0.1, 0.15) is 0 Å². The summed E-state index contributed by atoms with van der Waals surface area (Å²) in [6.07, 6.45) is 9.53. The molecule has 0 N–H and O–H groups in total. The normalized spacial score (nSPS) is 24.0. The Morgan fingerprint density at radius 3 is 2.95 bits per heavy atom. The number of nitrogens with zero attached hydrogens (tertiary/aromatic N) is 2. The molecule has 2 aliphatic rings. The first-order valence-corrected chi connectivity index (χ1v) is 8.91. The van der Waals surface area contributed by atoms with Crippen molar-refractivity contribution >= 4 is 17.2 Å². The Morgan fingerprint density at radius 1 is 1.24 bits per heavy atom. The summed E-state index contributed by atoms with van der Waals surface area (Å²) in [7, 11) is 0. The zero-order valence-electron chi connectivity index (χ0n) is 12.5. The van der Waals surface area contributed by atoms with Crippen LogP contribution in [0.2, 0.25) is 0 Å². The maximum absolute atomic E-state index is 12.4. The predicted octanol–water partition coefficient (Wildman–Crippen LogP) is 3.25. The highest BCUT2D eigenvalue weighted by Crippen LogP contribution is 2.20. The lowest BCUT2D eigenvalue weighted by atomic mass is 9.94. The molecule has 0 spiro atoms. The average Bonchev–Trinajstić information content (AvgIpc) is 2.95. The molecular weight excluding hydrogens is 280 g/mol. The molecule has 1 aromatic rings. The highest BCUT2D eigenvalue weighted by atomic mass is 32.1. The van der Waals surface area contributed by atoms with Crippen LogP contribution in [0.25, 0.3) is 0 Å². The number of allylic oxidation sites excluding steroid dienone is 2. The first-order chi connectivity index (χ1) is 10.3. The van der Waals surface area contributed by atoms with Crippen molar-refractivity contribution in [3.63, 3.8) is 0 Å². The molecule has 4 heteroatoms. The molecule has 0 radical (unpaired) electrons. The summed E-state index contributed by atoms with van der Waals surface area (Å²) < 4.78 is 0. The van der Waals surface area contributed by atoms with E-state index in [0.29, 0.717) is 0 Å². The number of hydrogen-bond donors (Lipinski definition) is 0. The van der Waals surface area contributed by atoms with Gasteiger partial charge in [0.2, 0.25) is 0 Å². The third kappa shape index (κ3) is 3.95. The fourth-order valence-corrected chi connectivity index (χ4v) is 3.99. The molecule has 1 amide bonds. The lowest BCUT2D eigenvalue weighted by molar-refractivity contribution is 0.0765. The van der Waals surface area contributed by atoms with Gasteiger partial charge in [-0.3, -0.25) is 4.79 Å². The summed E-state index contributed by atoms with van der Waals surface area (Å²) in [6, 6.07) is 3.89. The quantitative estimate of drug-likeness (QED) is 0.800. The van der Waals surface area contributed by atoms with Crippen LogP contribution in [-0.2, 0) is 0 Å². The number of amides is 1. The monoisotopic (exact) mass is 304 g/mol. The largest absolute Gasteiger partial charge is 0.337 e. The Hall–Kier alpha value is -1.13. The third-order valence-electron chi connectivity index (χ3n) is 4.50. The van der Waals surface area contributed by atoms with Crippen LogP contribution in [-0.4, -0.2) is 48.4 Å². The van der Waals surface area contributed by atoms with E-state index in [4.69, 9.17) is 0 Å². The zero-order valence-corrected chi connectivity index (χ0v) is 13.4. The number of carbonyl (C=O) groups excluding carboxylic acids is 1. The van der Waals surface area contributed by atoms with E-state index in [1.165, 1.54) is 25.8 Å². The van der Waals surface area contributed by atoms with E-state index in [-0.39, 0.29) is 5.91 Å². The lowest BCUT2D eigenvalue weighted by Gasteiger charge is -2.27. The summed E-state index contributed by atoms with van der Waals surface area (Å²) in [4.78, 5) is 17.9. The SMILES string of the molecule is O=C(c1cccs1)N1CCCN(C[C@@H]2CC=CCC2)CC1. The van der Waals surface area contributed by atoms with Gasteiger partial charge < -0.3 is 9.80 Å². The molecule has 1 saturated heterocycles. The minimum Gasteiger partial charge on any atom is -0.337 e. The van der Waals surface area contributed by atoms with Gasteiger partial charge in [-0.2, -0.15) is 0 Å². The molecule has 1 aromatic heterocycles. The molecule has 114 valence electrons. The topological polar surface area (TPSA) is 23.6 Å². The van der Waals surface area contributed by atoms with E-state index in [2.05, 4.69) is 17.1 Å². The molecule has 0 bridgehead atoms. The van der Waals surface area contributed by atoms with Crippen molar-refractivity contribution in [3.05, 3.63) is 34.5 Å². The van der Waals surface area contributed by atoms with Gasteiger partial charge in [0.05, 0.1) is 4.88 Å². The second kappa shape index (κ2) is 7.23. The molecule has 1 atom stereocenters. The fraction of sp³-hybridized carbons (Fsp3) is 0.588.